The van der Waals surface area contributed by atoms with Crippen LogP contribution in [0, 0.1) is 0 Å². The molecule has 2 fully saturated rings. The molecular formula is C12H22O6. The Morgan fingerprint density at radius 3 is 2.50 bits per heavy atom. The van der Waals surface area contributed by atoms with Crippen molar-refractivity contribution in [1.82, 2.24) is 0 Å². The molecule has 2 heterocycles. The molecule has 0 spiro atoms. The first-order valence-corrected chi connectivity index (χ1v) is 6.22. The summed E-state index contributed by atoms with van der Waals surface area (Å²) in [5.74, 6) is -1.94. The number of aliphatic hydroxyl groups is 2. The van der Waals surface area contributed by atoms with Crippen molar-refractivity contribution in [2.75, 3.05) is 6.61 Å². The average molecular weight is 262 g/mol. The molecule has 0 amide bonds. The van der Waals surface area contributed by atoms with E-state index >= 15 is 0 Å². The molecule has 0 aromatic heterocycles. The Kier molecular flexibility index (Phi) is 3.70. The second-order valence-corrected chi connectivity index (χ2v) is 5.77. The normalized spacial score (nSPS) is 40.3. The standard InChI is InChI=1S/C12H22O6/c1-11(2,14)18-9-5-7(13)10(16-9)8-6-15-12(3,4)17-8/h7-10,13-14H,5-6H2,1-4H3/t7-,8?,9-,10+/m1/s1. The molecule has 6 heteroatoms. The minimum Gasteiger partial charge on any atom is -0.390 e. The van der Waals surface area contributed by atoms with Gasteiger partial charge in [-0.2, -0.15) is 0 Å². The molecule has 2 rings (SSSR count). The summed E-state index contributed by atoms with van der Waals surface area (Å²) in [6.07, 6.45) is -1.80. The number of ether oxygens (including phenoxy) is 4. The van der Waals surface area contributed by atoms with Gasteiger partial charge in [-0.1, -0.05) is 0 Å². The van der Waals surface area contributed by atoms with Crippen LogP contribution < -0.4 is 0 Å². The lowest BCUT2D eigenvalue weighted by Crippen LogP contribution is -2.38. The number of aliphatic hydroxyl groups excluding tert-OH is 1. The van der Waals surface area contributed by atoms with Gasteiger partial charge in [0.05, 0.1) is 12.7 Å². The van der Waals surface area contributed by atoms with Gasteiger partial charge in [0, 0.05) is 6.42 Å². The van der Waals surface area contributed by atoms with Crippen LogP contribution in [-0.2, 0) is 18.9 Å². The summed E-state index contributed by atoms with van der Waals surface area (Å²) in [4.78, 5) is 0. The molecule has 1 unspecified atom stereocenters. The molecule has 106 valence electrons. The van der Waals surface area contributed by atoms with Crippen molar-refractivity contribution in [3.8, 4) is 0 Å². The molecule has 0 aliphatic carbocycles. The lowest BCUT2D eigenvalue weighted by Gasteiger charge is -2.25. The Balaban J connectivity index is 1.92. The molecule has 0 aromatic carbocycles. The third-order valence-corrected chi connectivity index (χ3v) is 2.94. The van der Waals surface area contributed by atoms with Crippen LogP contribution in [0.1, 0.15) is 34.1 Å². The Morgan fingerprint density at radius 2 is 2.00 bits per heavy atom. The zero-order chi connectivity index (χ0) is 13.6. The molecule has 2 saturated heterocycles. The Hall–Kier alpha value is -0.240. The van der Waals surface area contributed by atoms with Crippen LogP contribution in [0.25, 0.3) is 0 Å². The van der Waals surface area contributed by atoms with Gasteiger partial charge in [-0.15, -0.1) is 0 Å². The van der Waals surface area contributed by atoms with Crippen molar-refractivity contribution in [2.45, 2.75) is 70.3 Å². The molecule has 2 N–H and O–H groups in total. The van der Waals surface area contributed by atoms with Crippen LogP contribution in [0.2, 0.25) is 0 Å². The molecule has 0 radical (unpaired) electrons. The average Bonchev–Trinajstić information content (AvgIpc) is 2.67. The summed E-state index contributed by atoms with van der Waals surface area (Å²) >= 11 is 0. The Bertz CT molecular complexity index is 297. The SMILES string of the molecule is CC(C)(O)O[C@@H]1C[C@@H](O)[C@@H](C2COC(C)(C)O2)O1. The van der Waals surface area contributed by atoms with Crippen LogP contribution in [0.3, 0.4) is 0 Å². The first kappa shape index (κ1) is 14.2. The van der Waals surface area contributed by atoms with Gasteiger partial charge in [0.15, 0.2) is 17.9 Å². The van der Waals surface area contributed by atoms with Crippen molar-refractivity contribution in [1.29, 1.82) is 0 Å². The topological polar surface area (TPSA) is 77.4 Å². The highest BCUT2D eigenvalue weighted by Crippen LogP contribution is 2.33. The summed E-state index contributed by atoms with van der Waals surface area (Å²) in [6, 6.07) is 0. The van der Waals surface area contributed by atoms with Crippen molar-refractivity contribution in [2.24, 2.45) is 0 Å². The van der Waals surface area contributed by atoms with Crippen LogP contribution in [0.15, 0.2) is 0 Å². The summed E-state index contributed by atoms with van der Waals surface area (Å²) in [6.45, 7) is 7.06. The quantitative estimate of drug-likeness (QED) is 0.715. The number of rotatable bonds is 3. The summed E-state index contributed by atoms with van der Waals surface area (Å²) in [5.41, 5.74) is 0. The molecule has 0 bridgehead atoms. The maximum Gasteiger partial charge on any atom is 0.164 e. The van der Waals surface area contributed by atoms with Gasteiger partial charge in [0.1, 0.15) is 12.2 Å². The van der Waals surface area contributed by atoms with E-state index in [1.807, 2.05) is 13.8 Å². The van der Waals surface area contributed by atoms with E-state index in [0.717, 1.165) is 0 Å². The van der Waals surface area contributed by atoms with E-state index in [1.165, 1.54) is 13.8 Å². The number of hydrogen-bond acceptors (Lipinski definition) is 6. The van der Waals surface area contributed by atoms with E-state index in [0.29, 0.717) is 13.0 Å². The molecular weight excluding hydrogens is 240 g/mol. The molecule has 0 aromatic rings. The zero-order valence-corrected chi connectivity index (χ0v) is 11.3. The highest BCUT2D eigenvalue weighted by Gasteiger charge is 2.46. The fourth-order valence-corrected chi connectivity index (χ4v) is 2.26. The van der Waals surface area contributed by atoms with E-state index in [4.69, 9.17) is 18.9 Å². The third-order valence-electron chi connectivity index (χ3n) is 2.94. The van der Waals surface area contributed by atoms with E-state index < -0.39 is 30.1 Å². The molecule has 2 aliphatic heterocycles. The van der Waals surface area contributed by atoms with Gasteiger partial charge >= 0.3 is 0 Å². The van der Waals surface area contributed by atoms with Crippen molar-refractivity contribution in [3.63, 3.8) is 0 Å². The molecule has 0 saturated carbocycles. The van der Waals surface area contributed by atoms with Crippen molar-refractivity contribution in [3.05, 3.63) is 0 Å². The van der Waals surface area contributed by atoms with E-state index in [2.05, 4.69) is 0 Å². The summed E-state index contributed by atoms with van der Waals surface area (Å²) in [5, 5.41) is 19.5. The maximum absolute atomic E-state index is 9.96. The van der Waals surface area contributed by atoms with Gasteiger partial charge in [0.25, 0.3) is 0 Å². The minimum absolute atomic E-state index is 0.314. The Labute approximate surface area is 107 Å². The minimum atomic E-state index is -1.29. The third kappa shape index (κ3) is 3.40. The van der Waals surface area contributed by atoms with Crippen LogP contribution >= 0.6 is 0 Å². The van der Waals surface area contributed by atoms with Gasteiger partial charge in [-0.25, -0.2) is 0 Å². The van der Waals surface area contributed by atoms with Gasteiger partial charge in [-0.05, 0) is 27.7 Å². The highest BCUT2D eigenvalue weighted by molar-refractivity contribution is 4.88. The van der Waals surface area contributed by atoms with Gasteiger partial charge in [-0.3, -0.25) is 0 Å². The molecule has 4 atom stereocenters. The number of hydrogen-bond donors (Lipinski definition) is 2. The summed E-state index contributed by atoms with van der Waals surface area (Å²) < 4.78 is 22.0. The van der Waals surface area contributed by atoms with Gasteiger partial charge in [0.2, 0.25) is 0 Å². The van der Waals surface area contributed by atoms with E-state index in [-0.39, 0.29) is 6.10 Å². The van der Waals surface area contributed by atoms with Gasteiger partial charge < -0.3 is 29.2 Å². The zero-order valence-electron chi connectivity index (χ0n) is 11.3. The second kappa shape index (κ2) is 4.70. The predicted molar refractivity (Wildman–Crippen MR) is 61.6 cm³/mol. The summed E-state index contributed by atoms with van der Waals surface area (Å²) in [7, 11) is 0. The molecule has 6 nitrogen and oxygen atoms in total. The smallest absolute Gasteiger partial charge is 0.164 e. The first-order valence-electron chi connectivity index (χ1n) is 6.22. The van der Waals surface area contributed by atoms with E-state index in [9.17, 15) is 10.2 Å². The lowest BCUT2D eigenvalue weighted by atomic mass is 10.1. The van der Waals surface area contributed by atoms with Crippen molar-refractivity contribution < 1.29 is 29.2 Å². The highest BCUT2D eigenvalue weighted by atomic mass is 16.8. The van der Waals surface area contributed by atoms with Crippen LogP contribution in [0.5, 0.6) is 0 Å². The molecule has 2 aliphatic rings. The second-order valence-electron chi connectivity index (χ2n) is 5.77. The largest absolute Gasteiger partial charge is 0.390 e. The van der Waals surface area contributed by atoms with Crippen LogP contribution in [0.4, 0.5) is 0 Å². The maximum atomic E-state index is 9.96. The Morgan fingerprint density at radius 1 is 1.33 bits per heavy atom. The monoisotopic (exact) mass is 262 g/mol. The van der Waals surface area contributed by atoms with Crippen LogP contribution in [-0.4, -0.2) is 53.0 Å². The lowest BCUT2D eigenvalue weighted by molar-refractivity contribution is -0.275. The molecule has 18 heavy (non-hydrogen) atoms. The predicted octanol–water partition coefficient (Wildman–Crippen LogP) is 0.359. The first-order chi connectivity index (χ1) is 8.16. The van der Waals surface area contributed by atoms with E-state index in [1.54, 1.807) is 0 Å². The fraction of sp³-hybridized carbons (Fsp3) is 1.00. The fourth-order valence-electron chi connectivity index (χ4n) is 2.26. The van der Waals surface area contributed by atoms with Crippen molar-refractivity contribution >= 4 is 0 Å².